The fourth-order valence-corrected chi connectivity index (χ4v) is 3.26. The van der Waals surface area contributed by atoms with Gasteiger partial charge in [0, 0.05) is 69.9 Å². The topological polar surface area (TPSA) is 64.9 Å². The maximum absolute atomic E-state index is 14.7. The second-order valence-electron chi connectivity index (χ2n) is 7.04. The number of piperazine rings is 1. The van der Waals surface area contributed by atoms with Crippen LogP contribution in [0.25, 0.3) is 16.9 Å². The Morgan fingerprint density at radius 3 is 2.54 bits per heavy atom. The highest BCUT2D eigenvalue weighted by molar-refractivity contribution is 5.65. The van der Waals surface area contributed by atoms with E-state index in [0.29, 0.717) is 11.4 Å². The average molecular weight is 382 g/mol. The first kappa shape index (κ1) is 18.4. The third-order valence-corrected chi connectivity index (χ3v) is 4.80. The molecule has 0 unspecified atom stereocenters. The molecule has 0 spiro atoms. The Balaban J connectivity index is 1.69. The van der Waals surface area contributed by atoms with Crippen LogP contribution in [0.2, 0.25) is 0 Å². The molecule has 0 bridgehead atoms. The normalized spacial score (nSPS) is 15.0. The van der Waals surface area contributed by atoms with Crippen molar-refractivity contribution in [2.45, 2.75) is 0 Å². The number of hydrazine groups is 1. The van der Waals surface area contributed by atoms with Crippen LogP contribution in [0.15, 0.2) is 47.4 Å². The smallest absolute Gasteiger partial charge is 0.258 e. The Morgan fingerprint density at radius 1 is 1.14 bits per heavy atom. The second-order valence-corrected chi connectivity index (χ2v) is 7.04. The predicted octanol–water partition coefficient (Wildman–Crippen LogP) is 1.80. The van der Waals surface area contributed by atoms with Crippen molar-refractivity contribution >= 4 is 17.0 Å². The number of anilines is 2. The van der Waals surface area contributed by atoms with Crippen molar-refractivity contribution < 1.29 is 4.39 Å². The molecule has 0 saturated carbocycles. The molecular formula is C20H23FN6O. The Hall–Kier alpha value is -2.97. The van der Waals surface area contributed by atoms with Gasteiger partial charge >= 0.3 is 0 Å². The van der Waals surface area contributed by atoms with Crippen molar-refractivity contribution in [3.8, 4) is 11.3 Å². The summed E-state index contributed by atoms with van der Waals surface area (Å²) in [4.78, 5) is 19.0. The van der Waals surface area contributed by atoms with Gasteiger partial charge in [0.2, 0.25) is 0 Å². The summed E-state index contributed by atoms with van der Waals surface area (Å²) in [5, 5.41) is 5.25. The third kappa shape index (κ3) is 3.69. The Bertz CT molecular complexity index is 1040. The number of nitrogens with zero attached hydrogens (tertiary/aromatic N) is 4. The van der Waals surface area contributed by atoms with Gasteiger partial charge < -0.3 is 15.6 Å². The molecule has 2 aromatic heterocycles. The van der Waals surface area contributed by atoms with Crippen LogP contribution < -0.4 is 21.2 Å². The van der Waals surface area contributed by atoms with Crippen LogP contribution in [0, 0.1) is 5.82 Å². The van der Waals surface area contributed by atoms with Crippen LogP contribution in [0.1, 0.15) is 0 Å². The maximum Gasteiger partial charge on any atom is 0.258 e. The largest absolute Gasteiger partial charge is 0.378 e. The number of pyridine rings is 1. The lowest BCUT2D eigenvalue weighted by Crippen LogP contribution is -2.46. The standard InChI is InChI=1S/C20H23FN6O/c1-25(2)16-5-3-14(4-6-16)18-12-19(28)27-13-15(11-17(21)20(27)23-18)24-26-9-7-22-8-10-26/h3-6,11-13,22,24H,7-10H2,1-2H3. The molecule has 0 aliphatic carbocycles. The van der Waals surface area contributed by atoms with E-state index >= 15 is 0 Å². The summed E-state index contributed by atoms with van der Waals surface area (Å²) in [7, 11) is 3.91. The molecule has 1 aromatic carbocycles. The number of aromatic nitrogens is 2. The Labute approximate surface area is 162 Å². The molecular weight excluding hydrogens is 359 g/mol. The highest BCUT2D eigenvalue weighted by Gasteiger charge is 2.13. The third-order valence-electron chi connectivity index (χ3n) is 4.80. The number of benzene rings is 1. The van der Waals surface area contributed by atoms with Crippen LogP contribution in [0.3, 0.4) is 0 Å². The van der Waals surface area contributed by atoms with E-state index < -0.39 is 5.82 Å². The van der Waals surface area contributed by atoms with Crippen molar-refractivity contribution in [2.24, 2.45) is 0 Å². The summed E-state index contributed by atoms with van der Waals surface area (Å²) >= 11 is 0. The fraction of sp³-hybridized carbons (Fsp3) is 0.300. The van der Waals surface area contributed by atoms with Crippen LogP contribution in [-0.2, 0) is 0 Å². The van der Waals surface area contributed by atoms with E-state index in [4.69, 9.17) is 0 Å². The van der Waals surface area contributed by atoms with E-state index in [2.05, 4.69) is 15.7 Å². The number of halogens is 1. The first-order chi connectivity index (χ1) is 13.5. The molecule has 2 N–H and O–H groups in total. The molecule has 1 saturated heterocycles. The molecule has 0 atom stereocenters. The van der Waals surface area contributed by atoms with E-state index in [1.54, 1.807) is 6.20 Å². The van der Waals surface area contributed by atoms with Gasteiger partial charge in [-0.2, -0.15) is 0 Å². The Morgan fingerprint density at radius 2 is 1.86 bits per heavy atom. The van der Waals surface area contributed by atoms with Crippen molar-refractivity contribution in [3.63, 3.8) is 0 Å². The SMILES string of the molecule is CN(C)c1ccc(-c2cc(=O)n3cc(NN4CCNCC4)cc(F)c3n2)cc1. The van der Waals surface area contributed by atoms with Gasteiger partial charge in [0.1, 0.15) is 0 Å². The first-order valence-corrected chi connectivity index (χ1v) is 9.24. The summed E-state index contributed by atoms with van der Waals surface area (Å²) in [5.41, 5.74) is 5.66. The summed E-state index contributed by atoms with van der Waals surface area (Å²) in [6.07, 6.45) is 1.59. The van der Waals surface area contributed by atoms with Crippen molar-refractivity contribution in [2.75, 3.05) is 50.6 Å². The van der Waals surface area contributed by atoms with Crippen LogP contribution in [0.4, 0.5) is 15.8 Å². The molecule has 7 nitrogen and oxygen atoms in total. The summed E-state index contributed by atoms with van der Waals surface area (Å²) < 4.78 is 16.0. The van der Waals surface area contributed by atoms with Crippen molar-refractivity contribution in [3.05, 3.63) is 58.8 Å². The molecule has 4 rings (SSSR count). The quantitative estimate of drug-likeness (QED) is 0.718. The van der Waals surface area contributed by atoms with Gasteiger partial charge in [-0.25, -0.2) is 14.4 Å². The van der Waals surface area contributed by atoms with E-state index in [9.17, 15) is 9.18 Å². The van der Waals surface area contributed by atoms with Crippen LogP contribution in [0.5, 0.6) is 0 Å². The molecule has 0 amide bonds. The van der Waals surface area contributed by atoms with Gasteiger partial charge in [-0.05, 0) is 12.1 Å². The van der Waals surface area contributed by atoms with E-state index in [0.717, 1.165) is 37.4 Å². The molecule has 146 valence electrons. The molecule has 8 heteroatoms. The lowest BCUT2D eigenvalue weighted by Gasteiger charge is -2.28. The molecule has 3 heterocycles. The first-order valence-electron chi connectivity index (χ1n) is 9.24. The monoisotopic (exact) mass is 382 g/mol. The minimum atomic E-state index is -0.538. The predicted molar refractivity (Wildman–Crippen MR) is 109 cm³/mol. The van der Waals surface area contributed by atoms with Gasteiger partial charge in [0.15, 0.2) is 11.5 Å². The van der Waals surface area contributed by atoms with E-state index in [1.807, 2.05) is 48.3 Å². The number of hydrogen-bond donors (Lipinski definition) is 2. The summed E-state index contributed by atoms with van der Waals surface area (Å²) in [6.45, 7) is 3.32. The molecule has 0 radical (unpaired) electrons. The van der Waals surface area contributed by atoms with E-state index in [-0.39, 0.29) is 11.2 Å². The zero-order valence-electron chi connectivity index (χ0n) is 15.9. The van der Waals surface area contributed by atoms with Gasteiger partial charge in [-0.15, -0.1) is 0 Å². The highest BCUT2D eigenvalue weighted by atomic mass is 19.1. The fourth-order valence-electron chi connectivity index (χ4n) is 3.26. The van der Waals surface area contributed by atoms with Crippen molar-refractivity contribution in [1.82, 2.24) is 19.7 Å². The molecule has 28 heavy (non-hydrogen) atoms. The van der Waals surface area contributed by atoms with Gasteiger partial charge in [0.25, 0.3) is 5.56 Å². The zero-order chi connectivity index (χ0) is 19.7. The lowest BCUT2D eigenvalue weighted by atomic mass is 10.1. The van der Waals surface area contributed by atoms with E-state index in [1.165, 1.54) is 16.5 Å². The summed E-state index contributed by atoms with van der Waals surface area (Å²) in [6, 6.07) is 10.5. The van der Waals surface area contributed by atoms with Crippen LogP contribution >= 0.6 is 0 Å². The zero-order valence-corrected chi connectivity index (χ0v) is 15.9. The minimum absolute atomic E-state index is 0.0186. The number of fused-ring (bicyclic) bond motifs is 1. The summed E-state index contributed by atoms with van der Waals surface area (Å²) in [5.74, 6) is -0.538. The Kier molecular flexibility index (Phi) is 4.97. The average Bonchev–Trinajstić information content (AvgIpc) is 2.69. The second kappa shape index (κ2) is 7.57. The lowest BCUT2D eigenvalue weighted by molar-refractivity contribution is 0.287. The molecule has 1 aliphatic heterocycles. The van der Waals surface area contributed by atoms with Gasteiger partial charge in [0.05, 0.1) is 11.4 Å². The van der Waals surface area contributed by atoms with Gasteiger partial charge in [-0.3, -0.25) is 9.20 Å². The molecule has 3 aromatic rings. The minimum Gasteiger partial charge on any atom is -0.378 e. The number of rotatable bonds is 4. The van der Waals surface area contributed by atoms with Gasteiger partial charge in [-0.1, -0.05) is 12.1 Å². The number of nitrogens with one attached hydrogen (secondary N) is 2. The number of hydrogen-bond acceptors (Lipinski definition) is 6. The molecule has 1 aliphatic rings. The molecule has 1 fully saturated rings. The van der Waals surface area contributed by atoms with Crippen LogP contribution in [-0.4, -0.2) is 54.7 Å². The maximum atomic E-state index is 14.7. The van der Waals surface area contributed by atoms with Crippen molar-refractivity contribution in [1.29, 1.82) is 0 Å². The highest BCUT2D eigenvalue weighted by Crippen LogP contribution is 2.22.